The second-order valence-corrected chi connectivity index (χ2v) is 3.80. The van der Waals surface area contributed by atoms with E-state index < -0.39 is 0 Å². The van der Waals surface area contributed by atoms with Gasteiger partial charge in [0.1, 0.15) is 0 Å². The van der Waals surface area contributed by atoms with Crippen LogP contribution in [0.25, 0.3) is 0 Å². The predicted octanol–water partition coefficient (Wildman–Crippen LogP) is 0.951. The Morgan fingerprint density at radius 3 is 2.69 bits per heavy atom. The first-order valence-electron chi connectivity index (χ1n) is 5.20. The summed E-state index contributed by atoms with van der Waals surface area (Å²) in [6, 6.07) is 0. The molecule has 0 atom stereocenters. The van der Waals surface area contributed by atoms with Crippen molar-refractivity contribution in [2.75, 3.05) is 33.2 Å². The Balaban J connectivity index is 2.18. The zero-order valence-corrected chi connectivity index (χ0v) is 8.75. The third-order valence-electron chi connectivity index (χ3n) is 2.61. The largest absolute Gasteiger partial charge is 0.343 e. The molecule has 1 rings (SSSR count). The summed E-state index contributed by atoms with van der Waals surface area (Å²) in [4.78, 5) is 15.4. The molecule has 1 saturated heterocycles. The van der Waals surface area contributed by atoms with E-state index in [1.54, 1.807) is 0 Å². The van der Waals surface area contributed by atoms with E-state index in [1.807, 2.05) is 11.9 Å². The molecule has 0 aromatic carbocycles. The minimum atomic E-state index is 0.266. The van der Waals surface area contributed by atoms with E-state index in [0.717, 1.165) is 19.6 Å². The second-order valence-electron chi connectivity index (χ2n) is 3.80. The van der Waals surface area contributed by atoms with Crippen LogP contribution in [0.15, 0.2) is 0 Å². The highest BCUT2D eigenvalue weighted by Crippen LogP contribution is 2.03. The smallest absolute Gasteiger partial charge is 0.236 e. The van der Waals surface area contributed by atoms with Gasteiger partial charge in [0, 0.05) is 20.1 Å². The molecule has 1 aliphatic rings. The van der Waals surface area contributed by atoms with Gasteiger partial charge in [-0.05, 0) is 13.0 Å². The molecule has 3 nitrogen and oxygen atoms in total. The number of hydrogen-bond donors (Lipinski definition) is 0. The second kappa shape index (κ2) is 5.22. The molecule has 0 spiro atoms. The maximum absolute atomic E-state index is 11.3. The van der Waals surface area contributed by atoms with E-state index >= 15 is 0 Å². The van der Waals surface area contributed by atoms with Gasteiger partial charge in [-0.15, -0.1) is 0 Å². The van der Waals surface area contributed by atoms with Crippen LogP contribution in [-0.4, -0.2) is 48.9 Å². The standard InChI is InChI=1S/C10H20N2O/c1-3-4-5-6-12-8-7-11(2)10(13)9-12/h3-9H2,1-2H3. The number of amides is 1. The Kier molecular flexibility index (Phi) is 4.22. The lowest BCUT2D eigenvalue weighted by Gasteiger charge is -2.31. The lowest BCUT2D eigenvalue weighted by molar-refractivity contribution is -0.134. The fourth-order valence-corrected chi connectivity index (χ4v) is 1.58. The summed E-state index contributed by atoms with van der Waals surface area (Å²) >= 11 is 0. The molecule has 0 N–H and O–H groups in total. The van der Waals surface area contributed by atoms with Crippen molar-refractivity contribution in [3.8, 4) is 0 Å². The van der Waals surface area contributed by atoms with Gasteiger partial charge in [-0.2, -0.15) is 0 Å². The molecule has 0 aliphatic carbocycles. The lowest BCUT2D eigenvalue weighted by Crippen LogP contribution is -2.48. The van der Waals surface area contributed by atoms with Crippen LogP contribution in [0.1, 0.15) is 26.2 Å². The molecule has 1 fully saturated rings. The molecule has 0 bridgehead atoms. The van der Waals surface area contributed by atoms with E-state index in [9.17, 15) is 4.79 Å². The van der Waals surface area contributed by atoms with E-state index in [1.165, 1.54) is 19.3 Å². The maximum atomic E-state index is 11.3. The SMILES string of the molecule is CCCCCN1CCN(C)C(=O)C1. The van der Waals surface area contributed by atoms with Crippen molar-refractivity contribution >= 4 is 5.91 Å². The van der Waals surface area contributed by atoms with Crippen LogP contribution in [0.2, 0.25) is 0 Å². The van der Waals surface area contributed by atoms with Gasteiger partial charge in [0.25, 0.3) is 0 Å². The van der Waals surface area contributed by atoms with Gasteiger partial charge in [-0.1, -0.05) is 19.8 Å². The molecule has 0 unspecified atom stereocenters. The number of hydrogen-bond acceptors (Lipinski definition) is 2. The van der Waals surface area contributed by atoms with Crippen LogP contribution in [0.3, 0.4) is 0 Å². The van der Waals surface area contributed by atoms with Gasteiger partial charge < -0.3 is 4.90 Å². The molecule has 0 saturated carbocycles. The normalized spacial score (nSPS) is 19.5. The fourth-order valence-electron chi connectivity index (χ4n) is 1.58. The third kappa shape index (κ3) is 3.35. The Morgan fingerprint density at radius 2 is 2.08 bits per heavy atom. The summed E-state index contributed by atoms with van der Waals surface area (Å²) in [5.74, 6) is 0.266. The fraction of sp³-hybridized carbons (Fsp3) is 0.900. The van der Waals surface area contributed by atoms with Crippen LogP contribution < -0.4 is 0 Å². The Bertz CT molecular complexity index is 170. The number of likely N-dealkylation sites (N-methyl/N-ethyl adjacent to an activating group) is 1. The number of carbonyl (C=O) groups is 1. The summed E-state index contributed by atoms with van der Waals surface area (Å²) < 4.78 is 0. The first kappa shape index (κ1) is 10.5. The topological polar surface area (TPSA) is 23.6 Å². The van der Waals surface area contributed by atoms with Crippen LogP contribution in [-0.2, 0) is 4.79 Å². The maximum Gasteiger partial charge on any atom is 0.236 e. The van der Waals surface area contributed by atoms with Crippen molar-refractivity contribution in [1.82, 2.24) is 9.80 Å². The summed E-state index contributed by atoms with van der Waals surface area (Å²) in [5, 5.41) is 0. The molecule has 13 heavy (non-hydrogen) atoms. The highest BCUT2D eigenvalue weighted by atomic mass is 16.2. The Hall–Kier alpha value is -0.570. The summed E-state index contributed by atoms with van der Waals surface area (Å²) in [7, 11) is 1.88. The number of carbonyl (C=O) groups excluding carboxylic acids is 1. The van der Waals surface area contributed by atoms with Crippen molar-refractivity contribution in [3.63, 3.8) is 0 Å². The average molecular weight is 184 g/mol. The van der Waals surface area contributed by atoms with Crippen LogP contribution in [0.5, 0.6) is 0 Å². The number of rotatable bonds is 4. The molecular formula is C10H20N2O. The zero-order valence-electron chi connectivity index (χ0n) is 8.75. The van der Waals surface area contributed by atoms with Gasteiger partial charge in [0.05, 0.1) is 6.54 Å². The van der Waals surface area contributed by atoms with E-state index in [-0.39, 0.29) is 5.91 Å². The number of nitrogens with zero attached hydrogens (tertiary/aromatic N) is 2. The summed E-state index contributed by atoms with van der Waals surface area (Å²) in [6.45, 7) is 5.86. The summed E-state index contributed by atoms with van der Waals surface area (Å²) in [5.41, 5.74) is 0. The van der Waals surface area contributed by atoms with Crippen LogP contribution in [0, 0.1) is 0 Å². The molecule has 1 aliphatic heterocycles. The molecule has 0 aromatic rings. The van der Waals surface area contributed by atoms with Crippen molar-refractivity contribution < 1.29 is 4.79 Å². The first-order valence-corrected chi connectivity index (χ1v) is 5.20. The van der Waals surface area contributed by atoms with E-state index in [4.69, 9.17) is 0 Å². The molecular weight excluding hydrogens is 164 g/mol. The first-order chi connectivity index (χ1) is 6.24. The molecule has 76 valence electrons. The van der Waals surface area contributed by atoms with Crippen molar-refractivity contribution in [2.24, 2.45) is 0 Å². The van der Waals surface area contributed by atoms with Gasteiger partial charge in [0.15, 0.2) is 0 Å². The van der Waals surface area contributed by atoms with E-state index in [2.05, 4.69) is 11.8 Å². The van der Waals surface area contributed by atoms with Crippen LogP contribution >= 0.6 is 0 Å². The molecule has 3 heteroatoms. The van der Waals surface area contributed by atoms with Gasteiger partial charge in [-0.3, -0.25) is 9.69 Å². The third-order valence-corrected chi connectivity index (χ3v) is 2.61. The number of unbranched alkanes of at least 4 members (excludes halogenated alkanes) is 2. The molecule has 0 radical (unpaired) electrons. The minimum absolute atomic E-state index is 0.266. The molecule has 1 heterocycles. The lowest BCUT2D eigenvalue weighted by atomic mass is 10.2. The van der Waals surface area contributed by atoms with Gasteiger partial charge in [0.2, 0.25) is 5.91 Å². The minimum Gasteiger partial charge on any atom is -0.343 e. The average Bonchev–Trinajstić information content (AvgIpc) is 2.12. The van der Waals surface area contributed by atoms with Gasteiger partial charge >= 0.3 is 0 Å². The summed E-state index contributed by atoms with van der Waals surface area (Å²) in [6.07, 6.45) is 3.76. The molecule has 0 aromatic heterocycles. The predicted molar refractivity (Wildman–Crippen MR) is 53.6 cm³/mol. The number of piperazine rings is 1. The van der Waals surface area contributed by atoms with Gasteiger partial charge in [-0.25, -0.2) is 0 Å². The Labute approximate surface area is 80.7 Å². The quantitative estimate of drug-likeness (QED) is 0.607. The Morgan fingerprint density at radius 1 is 1.31 bits per heavy atom. The van der Waals surface area contributed by atoms with Crippen molar-refractivity contribution in [2.45, 2.75) is 26.2 Å². The van der Waals surface area contributed by atoms with Crippen molar-refractivity contribution in [1.29, 1.82) is 0 Å². The molecule has 1 amide bonds. The van der Waals surface area contributed by atoms with Crippen LogP contribution in [0.4, 0.5) is 0 Å². The monoisotopic (exact) mass is 184 g/mol. The van der Waals surface area contributed by atoms with E-state index in [0.29, 0.717) is 6.54 Å². The highest BCUT2D eigenvalue weighted by molar-refractivity contribution is 5.78. The zero-order chi connectivity index (χ0) is 9.68. The highest BCUT2D eigenvalue weighted by Gasteiger charge is 2.19. The van der Waals surface area contributed by atoms with Crippen molar-refractivity contribution in [3.05, 3.63) is 0 Å².